The quantitative estimate of drug-likeness (QED) is 0.356. The van der Waals surface area contributed by atoms with Crippen molar-refractivity contribution in [2.45, 2.75) is 6.54 Å². The number of carbonyl (C=O) groups is 1. The van der Waals surface area contributed by atoms with E-state index < -0.39 is 0 Å². The van der Waals surface area contributed by atoms with Gasteiger partial charge in [0.25, 0.3) is 5.91 Å². The number of ether oxygens (including phenoxy) is 1. The number of thiophene rings is 1. The van der Waals surface area contributed by atoms with Gasteiger partial charge in [0.05, 0.1) is 23.8 Å². The first-order valence-corrected chi connectivity index (χ1v) is 14.3. The van der Waals surface area contributed by atoms with Gasteiger partial charge in [0.2, 0.25) is 0 Å². The van der Waals surface area contributed by atoms with E-state index in [0.29, 0.717) is 66.9 Å². The number of halogens is 1. The van der Waals surface area contributed by atoms with E-state index in [4.69, 9.17) is 4.74 Å². The normalized spacial score (nSPS) is 23.1. The Bertz CT molecular complexity index is 1440. The number of rotatable bonds is 7. The molecule has 2 aromatic carbocycles. The highest BCUT2D eigenvalue weighted by atomic mass is 32.1. The van der Waals surface area contributed by atoms with Gasteiger partial charge in [0.1, 0.15) is 5.82 Å². The summed E-state index contributed by atoms with van der Waals surface area (Å²) in [5.41, 5.74) is 3.73. The SMILES string of the molecule is O=C(c1cccs1)N(CC1C2CN(Cc3c[nH]c4ccccc34)CC21)c1ccc(N2CCOCC2)c(F)c1. The minimum absolute atomic E-state index is 0.0425. The van der Waals surface area contributed by atoms with Crippen molar-refractivity contribution in [1.29, 1.82) is 0 Å². The zero-order valence-electron chi connectivity index (χ0n) is 21.2. The molecule has 6 nitrogen and oxygen atoms in total. The van der Waals surface area contributed by atoms with Crippen LogP contribution in [0.1, 0.15) is 15.2 Å². The maximum atomic E-state index is 15.3. The summed E-state index contributed by atoms with van der Waals surface area (Å²) in [4.78, 5) is 24.0. The first-order chi connectivity index (χ1) is 18.7. The largest absolute Gasteiger partial charge is 0.378 e. The lowest BCUT2D eigenvalue weighted by Crippen LogP contribution is -2.37. The average Bonchev–Trinajstić information content (AvgIpc) is 3.45. The number of benzene rings is 2. The van der Waals surface area contributed by atoms with Gasteiger partial charge in [-0.2, -0.15) is 0 Å². The third-order valence-electron chi connectivity index (χ3n) is 8.48. The van der Waals surface area contributed by atoms with Crippen LogP contribution >= 0.6 is 11.3 Å². The lowest BCUT2D eigenvalue weighted by Gasteiger charge is -2.30. The van der Waals surface area contributed by atoms with Crippen LogP contribution in [0.5, 0.6) is 0 Å². The van der Waals surface area contributed by atoms with E-state index in [0.717, 1.165) is 19.6 Å². The smallest absolute Gasteiger partial charge is 0.268 e. The number of likely N-dealkylation sites (tertiary alicyclic amines) is 1. The highest BCUT2D eigenvalue weighted by Gasteiger charge is 2.56. The number of nitrogens with zero attached hydrogens (tertiary/aromatic N) is 3. The molecule has 2 atom stereocenters. The molecule has 1 N–H and O–H groups in total. The van der Waals surface area contributed by atoms with Gasteiger partial charge in [-0.25, -0.2) is 4.39 Å². The van der Waals surface area contributed by atoms with Crippen LogP contribution < -0.4 is 9.80 Å². The Kier molecular flexibility index (Phi) is 6.18. The number of nitrogens with one attached hydrogen (secondary N) is 1. The number of carbonyl (C=O) groups excluding carboxylic acids is 1. The van der Waals surface area contributed by atoms with Crippen LogP contribution in [0.3, 0.4) is 0 Å². The number of aromatic amines is 1. The van der Waals surface area contributed by atoms with Crippen molar-refractivity contribution in [3.8, 4) is 0 Å². The average molecular weight is 531 g/mol. The van der Waals surface area contributed by atoms with Crippen molar-refractivity contribution in [3.63, 3.8) is 0 Å². The van der Waals surface area contributed by atoms with Gasteiger partial charge in [0, 0.05) is 62.1 Å². The number of piperidine rings is 1. The number of fused-ring (bicyclic) bond motifs is 2. The van der Waals surface area contributed by atoms with Gasteiger partial charge >= 0.3 is 0 Å². The molecule has 4 heterocycles. The molecule has 0 radical (unpaired) electrons. The first-order valence-electron chi connectivity index (χ1n) is 13.4. The molecular weight excluding hydrogens is 499 g/mol. The molecule has 196 valence electrons. The molecular formula is C30H31FN4O2S. The molecule has 1 aliphatic carbocycles. The summed E-state index contributed by atoms with van der Waals surface area (Å²) < 4.78 is 20.7. The summed E-state index contributed by atoms with van der Waals surface area (Å²) in [6.07, 6.45) is 2.13. The van der Waals surface area contributed by atoms with Crippen LogP contribution in [0.4, 0.5) is 15.8 Å². The maximum absolute atomic E-state index is 15.3. The van der Waals surface area contributed by atoms with E-state index >= 15 is 4.39 Å². The lowest BCUT2D eigenvalue weighted by molar-refractivity contribution is 0.0988. The van der Waals surface area contributed by atoms with E-state index in [1.807, 2.05) is 39.4 Å². The minimum Gasteiger partial charge on any atom is -0.378 e. The Hall–Kier alpha value is -3.20. The number of hydrogen-bond donors (Lipinski definition) is 1. The topological polar surface area (TPSA) is 51.8 Å². The summed E-state index contributed by atoms with van der Waals surface area (Å²) >= 11 is 1.44. The highest BCUT2D eigenvalue weighted by molar-refractivity contribution is 7.12. The van der Waals surface area contributed by atoms with E-state index in [1.165, 1.54) is 33.9 Å². The fourth-order valence-electron chi connectivity index (χ4n) is 6.41. The van der Waals surface area contributed by atoms with E-state index in [2.05, 4.69) is 40.3 Å². The maximum Gasteiger partial charge on any atom is 0.268 e. The minimum atomic E-state index is -0.283. The number of H-pyrrole nitrogens is 1. The number of aromatic nitrogens is 1. The molecule has 8 heteroatoms. The van der Waals surface area contributed by atoms with Crippen molar-refractivity contribution in [2.75, 3.05) is 55.7 Å². The predicted octanol–water partition coefficient (Wildman–Crippen LogP) is 5.23. The van der Waals surface area contributed by atoms with Gasteiger partial charge in [-0.05, 0) is 59.0 Å². The summed E-state index contributed by atoms with van der Waals surface area (Å²) in [5.74, 6) is 1.28. The van der Waals surface area contributed by atoms with Gasteiger partial charge in [-0.15, -0.1) is 11.3 Å². The number of anilines is 2. The van der Waals surface area contributed by atoms with E-state index in [9.17, 15) is 4.79 Å². The summed E-state index contributed by atoms with van der Waals surface area (Å²) in [5, 5.41) is 3.21. The third-order valence-corrected chi connectivity index (χ3v) is 9.34. The standard InChI is InChI=1S/C30H31FN4O2S/c31-26-14-21(7-8-28(26)34-9-11-37-12-10-34)35(30(36)29-6-3-13-38-29)19-25-23-17-33(18-24(23)25)16-20-15-32-27-5-2-1-4-22(20)27/h1-8,13-15,23-25,32H,9-12,16-19H2. The van der Waals surface area contributed by atoms with Gasteiger partial charge in [0.15, 0.2) is 0 Å². The highest BCUT2D eigenvalue weighted by Crippen LogP contribution is 2.52. The fraction of sp³-hybridized carbons (Fsp3) is 0.367. The summed E-state index contributed by atoms with van der Waals surface area (Å²) in [6, 6.07) is 17.5. The molecule has 7 rings (SSSR count). The van der Waals surface area contributed by atoms with Gasteiger partial charge in [-0.3, -0.25) is 9.69 Å². The van der Waals surface area contributed by atoms with Crippen molar-refractivity contribution in [2.24, 2.45) is 17.8 Å². The third kappa shape index (κ3) is 4.40. The van der Waals surface area contributed by atoms with Crippen molar-refractivity contribution < 1.29 is 13.9 Å². The molecule has 38 heavy (non-hydrogen) atoms. The Morgan fingerprint density at radius 3 is 2.66 bits per heavy atom. The van der Waals surface area contributed by atoms with Crippen molar-refractivity contribution >= 4 is 39.5 Å². The van der Waals surface area contributed by atoms with E-state index in [-0.39, 0.29) is 11.7 Å². The zero-order valence-corrected chi connectivity index (χ0v) is 22.0. The summed E-state index contributed by atoms with van der Waals surface area (Å²) in [7, 11) is 0. The van der Waals surface area contributed by atoms with Crippen LogP contribution in [-0.2, 0) is 11.3 Å². The molecule has 3 fully saturated rings. The molecule has 1 saturated carbocycles. The monoisotopic (exact) mass is 530 g/mol. The van der Waals surface area contributed by atoms with Crippen molar-refractivity contribution in [1.82, 2.24) is 9.88 Å². The molecule has 2 aromatic heterocycles. The van der Waals surface area contributed by atoms with Gasteiger partial charge in [-0.1, -0.05) is 24.3 Å². The van der Waals surface area contributed by atoms with Crippen LogP contribution in [0.25, 0.3) is 10.9 Å². The Morgan fingerprint density at radius 1 is 1.08 bits per heavy atom. The van der Waals surface area contributed by atoms with Crippen LogP contribution in [0, 0.1) is 23.6 Å². The first kappa shape index (κ1) is 23.9. The number of morpholine rings is 1. The molecule has 1 amide bonds. The molecule has 2 unspecified atom stereocenters. The Morgan fingerprint density at radius 2 is 1.89 bits per heavy atom. The number of hydrogen-bond acceptors (Lipinski definition) is 5. The number of para-hydroxylation sites is 1. The molecule has 4 aromatic rings. The molecule has 2 aliphatic heterocycles. The molecule has 2 saturated heterocycles. The molecule has 0 bridgehead atoms. The fourth-order valence-corrected chi connectivity index (χ4v) is 7.09. The Labute approximate surface area is 225 Å². The zero-order chi connectivity index (χ0) is 25.6. The van der Waals surface area contributed by atoms with Crippen LogP contribution in [0.15, 0.2) is 66.2 Å². The second kappa shape index (κ2) is 9.84. The number of amides is 1. The van der Waals surface area contributed by atoms with E-state index in [1.54, 1.807) is 0 Å². The molecule has 0 spiro atoms. The second-order valence-corrected chi connectivity index (χ2v) is 11.6. The van der Waals surface area contributed by atoms with Gasteiger partial charge < -0.3 is 19.5 Å². The van der Waals surface area contributed by atoms with Crippen molar-refractivity contribution in [3.05, 3.63) is 82.4 Å². The van der Waals surface area contributed by atoms with Crippen LogP contribution in [-0.4, -0.2) is 61.7 Å². The lowest BCUT2D eigenvalue weighted by atomic mass is 10.1. The summed E-state index contributed by atoms with van der Waals surface area (Å²) in [6.45, 7) is 6.21. The predicted molar refractivity (Wildman–Crippen MR) is 149 cm³/mol. The molecule has 3 aliphatic rings. The second-order valence-electron chi connectivity index (χ2n) is 10.7. The Balaban J connectivity index is 1.06. The van der Waals surface area contributed by atoms with Crippen LogP contribution in [0.2, 0.25) is 0 Å².